The molecule has 1 aliphatic rings. The number of anilines is 4. The largest absolute Gasteiger partial charge is 0.481 e. The van der Waals surface area contributed by atoms with Crippen LogP contribution in [0.1, 0.15) is 89.0 Å². The van der Waals surface area contributed by atoms with Gasteiger partial charge in [-0.3, -0.25) is 19.2 Å². The van der Waals surface area contributed by atoms with E-state index >= 15 is 0 Å². The molecule has 0 spiro atoms. The van der Waals surface area contributed by atoms with Crippen LogP contribution in [-0.4, -0.2) is 141 Å². The van der Waals surface area contributed by atoms with E-state index in [1.54, 1.807) is 68.1 Å². The average Bonchev–Trinajstić information content (AvgIpc) is 0.770. The van der Waals surface area contributed by atoms with Crippen LogP contribution in [0.5, 0.6) is 23.0 Å². The molecule has 24 heteroatoms. The molecule has 0 saturated carbocycles. The predicted octanol–water partition coefficient (Wildman–Crippen LogP) is 9.82. The normalized spacial score (nSPS) is 11.6. The van der Waals surface area contributed by atoms with Crippen LogP contribution in [0.15, 0.2) is 146 Å². The minimum absolute atomic E-state index is 0.0206. The number of hydrogen-bond donors (Lipinski definition) is 8. The van der Waals surface area contributed by atoms with E-state index in [0.717, 1.165) is 22.3 Å². The number of nitrogens with zero attached hydrogens (tertiary/aromatic N) is 4. The number of aliphatic carboxylic acids is 8. The third kappa shape index (κ3) is 20.0. The Morgan fingerprint density at radius 1 is 0.270 bits per heavy atom. The second-order valence-electron chi connectivity index (χ2n) is 24.8. The molecule has 0 aromatic heterocycles. The third-order valence-electron chi connectivity index (χ3n) is 16.5. The Labute approximate surface area is 575 Å². The number of fused-ring (bicyclic) bond motifs is 8. The summed E-state index contributed by atoms with van der Waals surface area (Å²) >= 11 is 0. The minimum atomic E-state index is -1.43. The molecule has 8 bridgehead atoms. The van der Waals surface area contributed by atoms with E-state index < -0.39 is 126 Å². The van der Waals surface area contributed by atoms with Crippen LogP contribution >= 0.6 is 0 Å². The van der Waals surface area contributed by atoms with Crippen LogP contribution in [0.25, 0.3) is 0 Å². The summed E-state index contributed by atoms with van der Waals surface area (Å²) in [4.78, 5) is 110. The fourth-order valence-corrected chi connectivity index (χ4v) is 12.1. The summed E-state index contributed by atoms with van der Waals surface area (Å²) < 4.78 is 25.6. The first kappa shape index (κ1) is 72.2. The van der Waals surface area contributed by atoms with Gasteiger partial charge < -0.3 is 79.4 Å². The number of benzene rings is 8. The summed E-state index contributed by atoms with van der Waals surface area (Å²) in [6, 6.07) is 42.0. The van der Waals surface area contributed by atoms with Crippen molar-refractivity contribution in [3.63, 3.8) is 0 Å². The highest BCUT2D eigenvalue weighted by atomic mass is 16.5. The van der Waals surface area contributed by atoms with E-state index in [1.807, 2.05) is 125 Å². The number of ether oxygens (including phenoxy) is 4. The first-order valence-corrected chi connectivity index (χ1v) is 31.8. The van der Waals surface area contributed by atoms with Gasteiger partial charge in [0.25, 0.3) is 0 Å². The van der Waals surface area contributed by atoms with Crippen molar-refractivity contribution < 1.29 is 98.2 Å². The van der Waals surface area contributed by atoms with Crippen molar-refractivity contribution in [2.45, 2.75) is 79.6 Å². The Balaban J connectivity index is 1.47. The number of carbonyl (C=O) groups is 8. The number of hydrogen-bond acceptors (Lipinski definition) is 16. The van der Waals surface area contributed by atoms with E-state index in [-0.39, 0.29) is 116 Å². The molecule has 0 aliphatic heterocycles. The molecule has 0 unspecified atom stereocenters. The van der Waals surface area contributed by atoms with Gasteiger partial charge in [0.15, 0.2) is 26.4 Å². The van der Waals surface area contributed by atoms with Crippen LogP contribution in [0, 0.1) is 27.7 Å². The van der Waals surface area contributed by atoms with Crippen LogP contribution < -0.4 is 38.5 Å². The Bertz CT molecular complexity index is 3720. The maximum atomic E-state index is 13.1. The van der Waals surface area contributed by atoms with Gasteiger partial charge in [-0.25, -0.2) is 19.2 Å². The predicted molar refractivity (Wildman–Crippen MR) is 369 cm³/mol. The first-order valence-electron chi connectivity index (χ1n) is 31.8. The number of carboxylic acid groups (broad SMARTS) is 8. The zero-order valence-corrected chi connectivity index (χ0v) is 55.4. The number of rotatable bonds is 32. The third-order valence-corrected chi connectivity index (χ3v) is 16.5. The highest BCUT2D eigenvalue weighted by Crippen LogP contribution is 2.45. The second-order valence-corrected chi connectivity index (χ2v) is 24.8. The Morgan fingerprint density at radius 3 is 0.570 bits per heavy atom. The summed E-state index contributed by atoms with van der Waals surface area (Å²) in [5.74, 6) is -11.1. The fourth-order valence-electron chi connectivity index (χ4n) is 12.1. The van der Waals surface area contributed by atoms with Crippen molar-refractivity contribution in [3.8, 4) is 23.0 Å². The monoisotopic (exact) mass is 1360 g/mol. The van der Waals surface area contributed by atoms with E-state index in [9.17, 15) is 79.2 Å². The lowest BCUT2D eigenvalue weighted by atomic mass is 9.89. The zero-order valence-electron chi connectivity index (χ0n) is 55.4. The topological polar surface area (TPSA) is 348 Å². The smallest absolute Gasteiger partial charge is 0.341 e. The van der Waals surface area contributed by atoms with Gasteiger partial charge in [-0.2, -0.15) is 0 Å². The summed E-state index contributed by atoms with van der Waals surface area (Å²) in [5.41, 5.74) is 8.38. The summed E-state index contributed by atoms with van der Waals surface area (Å²) in [5, 5.41) is 84.7. The van der Waals surface area contributed by atoms with Crippen LogP contribution in [0.2, 0.25) is 0 Å². The molecule has 100 heavy (non-hydrogen) atoms. The molecule has 1 aliphatic carbocycles. The average molecular weight is 1370 g/mol. The van der Waals surface area contributed by atoms with Gasteiger partial charge in [-0.1, -0.05) is 119 Å². The lowest BCUT2D eigenvalue weighted by molar-refractivity contribution is -0.140. The molecule has 8 N–H and O–H groups in total. The van der Waals surface area contributed by atoms with Crippen molar-refractivity contribution in [1.29, 1.82) is 0 Å². The maximum Gasteiger partial charge on any atom is 0.341 e. The molecule has 0 fully saturated rings. The van der Waals surface area contributed by atoms with E-state index in [4.69, 9.17) is 18.9 Å². The quantitative estimate of drug-likeness (QED) is 0.0194. The molecule has 0 radical (unpaired) electrons. The van der Waals surface area contributed by atoms with Crippen LogP contribution in [-0.2, 0) is 90.2 Å². The van der Waals surface area contributed by atoms with Crippen molar-refractivity contribution in [2.75, 3.05) is 72.2 Å². The van der Waals surface area contributed by atoms with Gasteiger partial charge in [0.1, 0.15) is 49.2 Å². The molecule has 0 atom stereocenters. The van der Waals surface area contributed by atoms with Crippen molar-refractivity contribution in [2.24, 2.45) is 0 Å². The molecule has 9 rings (SSSR count). The van der Waals surface area contributed by atoms with E-state index in [1.165, 1.54) is 0 Å². The van der Waals surface area contributed by atoms with Gasteiger partial charge >= 0.3 is 47.8 Å². The van der Waals surface area contributed by atoms with Crippen molar-refractivity contribution in [3.05, 3.63) is 235 Å². The molecule has 520 valence electrons. The highest BCUT2D eigenvalue weighted by molar-refractivity contribution is 5.79. The van der Waals surface area contributed by atoms with Gasteiger partial charge in [0.2, 0.25) is 0 Å². The molecule has 24 nitrogen and oxygen atoms in total. The molecule has 0 amide bonds. The van der Waals surface area contributed by atoms with Crippen molar-refractivity contribution >= 4 is 70.5 Å². The molecule has 0 heterocycles. The number of carboxylic acids is 8. The molecule has 0 saturated heterocycles. The maximum absolute atomic E-state index is 13.1. The van der Waals surface area contributed by atoms with Crippen LogP contribution in [0.4, 0.5) is 22.7 Å². The van der Waals surface area contributed by atoms with E-state index in [2.05, 4.69) is 0 Å². The fraction of sp³-hybridized carbons (Fsp3) is 0.263. The first-order chi connectivity index (χ1) is 47.7. The Morgan fingerprint density at radius 2 is 0.430 bits per heavy atom. The van der Waals surface area contributed by atoms with Gasteiger partial charge in [0.05, 0.1) is 0 Å². The minimum Gasteiger partial charge on any atom is -0.481 e. The molecule has 8 aromatic carbocycles. The highest BCUT2D eigenvalue weighted by Gasteiger charge is 2.30. The molecule has 8 aromatic rings. The van der Waals surface area contributed by atoms with Crippen molar-refractivity contribution in [1.82, 2.24) is 0 Å². The second kappa shape index (κ2) is 32.8. The molecular weight excluding hydrogens is 1290 g/mol. The standard InChI is InChI=1S/C76H76N4O20/c1-45-5-13-49(14-6-45)33-77(37-65(81)82)61-25-53-21-55-27-62(78(38-66(83)84)34-50-15-7-46(2)8-16-50)29-57(74(55)98-42-70(91)92)23-59-31-64(80(40-68(87)88)36-52-19-11-48(4)12-20-52)32-60(76(59)100-44-72(95)96)24-58-30-63(79(39-67(85)86)35-51-17-9-47(3)10-18-51)28-56(75(58)99-43-71(93)94)22-54(26-61)73(53)97-41-69(89)90/h5-20,25-32H,21-24,33-44H2,1-4H3,(H,81,82)(H,83,84)(H,85,86)(H,87,88)(H,89,90)(H,91,92)(H,93,94)(H,95,96). The molecular formula is C76H76N4O20. The SMILES string of the molecule is Cc1ccc(CN(CC(=O)O)c2cc3c(OCC(=O)O)c(c2)Cc2cc(N(CC(=O)O)Cc4ccc(C)cc4)cc(c2OCC(=O)O)Cc2cc(N(CC(=O)O)Cc4ccc(C)cc4)cc(c2OCC(=O)O)Cc2cc(N(CC(=O)O)Cc4ccc(C)cc4)cc(c2OCC(=O)O)C3)cc1. The zero-order chi connectivity index (χ0) is 71.9. The van der Waals surface area contributed by atoms with E-state index in [0.29, 0.717) is 22.3 Å². The summed E-state index contributed by atoms with van der Waals surface area (Å²) in [6.45, 7) is 1.08. The Kier molecular flexibility index (Phi) is 23.7. The summed E-state index contributed by atoms with van der Waals surface area (Å²) in [6.07, 6.45) is -1.57. The Hall–Kier alpha value is -12.1. The van der Waals surface area contributed by atoms with Crippen LogP contribution in [0.3, 0.4) is 0 Å². The lowest BCUT2D eigenvalue weighted by Crippen LogP contribution is -2.30. The van der Waals surface area contributed by atoms with Gasteiger partial charge in [0, 0.05) is 119 Å². The lowest BCUT2D eigenvalue weighted by Gasteiger charge is -2.30. The number of aryl methyl sites for hydroxylation is 4. The van der Waals surface area contributed by atoms with Gasteiger partial charge in [-0.15, -0.1) is 0 Å². The van der Waals surface area contributed by atoms with Gasteiger partial charge in [-0.05, 0) is 98.5 Å². The summed E-state index contributed by atoms with van der Waals surface area (Å²) in [7, 11) is 0.